The number of aromatic hydroxyl groups is 1. The van der Waals surface area contributed by atoms with Crippen molar-refractivity contribution in [3.63, 3.8) is 0 Å². The van der Waals surface area contributed by atoms with Gasteiger partial charge in [-0.2, -0.15) is 0 Å². The summed E-state index contributed by atoms with van der Waals surface area (Å²) in [6, 6.07) is 9.07. The summed E-state index contributed by atoms with van der Waals surface area (Å²) in [6.07, 6.45) is -13.6. The maximum atomic E-state index is 13.2. The van der Waals surface area contributed by atoms with E-state index in [0.717, 1.165) is 6.07 Å². The second-order valence-corrected chi connectivity index (χ2v) is 10.2. The lowest BCUT2D eigenvalue weighted by Crippen LogP contribution is -2.61. The van der Waals surface area contributed by atoms with Crippen LogP contribution in [-0.4, -0.2) is 111 Å². The van der Waals surface area contributed by atoms with Gasteiger partial charge in [0.05, 0.1) is 25.4 Å². The number of fused-ring (bicyclic) bond motifs is 1. The number of benzene rings is 2. The van der Waals surface area contributed by atoms with Gasteiger partial charge in [0.2, 0.25) is 11.7 Å². The van der Waals surface area contributed by atoms with Crippen molar-refractivity contribution in [2.24, 2.45) is 0 Å². The lowest BCUT2D eigenvalue weighted by Gasteiger charge is -2.42. The molecule has 1 aromatic heterocycles. The maximum absolute atomic E-state index is 13.2. The zero-order valence-corrected chi connectivity index (χ0v) is 22.5. The molecule has 5 rings (SSSR count). The van der Waals surface area contributed by atoms with Crippen LogP contribution in [0.5, 0.6) is 17.2 Å². The molecule has 14 heteroatoms. The van der Waals surface area contributed by atoms with Gasteiger partial charge in [-0.05, 0) is 24.6 Å². The van der Waals surface area contributed by atoms with E-state index < -0.39 is 79.2 Å². The van der Waals surface area contributed by atoms with Gasteiger partial charge in [-0.1, -0.05) is 12.1 Å². The van der Waals surface area contributed by atoms with E-state index in [2.05, 4.69) is 0 Å². The molecule has 2 aliphatic heterocycles. The minimum Gasteiger partial charge on any atom is -0.507 e. The summed E-state index contributed by atoms with van der Waals surface area (Å²) >= 11 is 0. The van der Waals surface area contributed by atoms with Gasteiger partial charge in [0.15, 0.2) is 6.29 Å². The van der Waals surface area contributed by atoms with Gasteiger partial charge in [-0.3, -0.25) is 4.79 Å². The molecule has 0 radical (unpaired) electrons. The molecule has 3 heterocycles. The minimum atomic E-state index is -1.75. The smallest absolute Gasteiger partial charge is 0.229 e. The highest BCUT2D eigenvalue weighted by Gasteiger charge is 2.47. The number of phenolic OH excluding ortho intramolecular Hbond substituents is 1. The van der Waals surface area contributed by atoms with E-state index in [1.54, 1.807) is 24.3 Å². The normalized spacial score (nSPS) is 33.4. The lowest BCUT2D eigenvalue weighted by molar-refractivity contribution is -0.318. The Labute approximate surface area is 238 Å². The molecule has 7 N–H and O–H groups in total. The Morgan fingerprint density at radius 2 is 1.48 bits per heavy atom. The summed E-state index contributed by atoms with van der Waals surface area (Å²) in [5.74, 6) is 0.0283. The van der Waals surface area contributed by atoms with Crippen LogP contribution < -0.4 is 14.9 Å². The fourth-order valence-corrected chi connectivity index (χ4v) is 4.87. The largest absolute Gasteiger partial charge is 0.507 e. The summed E-state index contributed by atoms with van der Waals surface area (Å²) in [6.45, 7) is 0.987. The second kappa shape index (κ2) is 12.1. The maximum Gasteiger partial charge on any atom is 0.229 e. The van der Waals surface area contributed by atoms with Crippen LogP contribution in [0.4, 0.5) is 0 Å². The SMILES string of the molecule is COc1ccc(-c2coc3cc(OC4O[C@H](CO[C@@H]5O[C@@H](C)[C@H](O)[C@@H](O)[C@H]5O)[C@@H](O)[C@H](O)[C@H]4O)cc(O)c3c2=O)cc1. The summed E-state index contributed by atoms with van der Waals surface area (Å²) in [5, 5.41) is 71.9. The van der Waals surface area contributed by atoms with Crippen molar-refractivity contribution in [1.82, 2.24) is 0 Å². The molecular weight excluding hydrogens is 560 g/mol. The summed E-state index contributed by atoms with van der Waals surface area (Å²) in [4.78, 5) is 13.2. The standard InChI is InChI=1S/C28H32O14/c1-11-20(30)23(33)25(35)27(40-11)39-10-18-22(32)24(34)26(36)28(42-18)41-14-7-16(29)19-17(8-14)38-9-15(21(19)31)12-3-5-13(37-2)6-4-12/h3-9,11,18,20,22-30,32-36H,10H2,1-2H3/t11-,18+,20-,22+,23+,24-,25+,26+,27+,28?/m0/s1. The first-order chi connectivity index (χ1) is 20.0. The van der Waals surface area contributed by atoms with E-state index >= 15 is 0 Å². The van der Waals surface area contributed by atoms with Gasteiger partial charge in [0, 0.05) is 12.1 Å². The lowest BCUT2D eigenvalue weighted by atomic mass is 9.98. The van der Waals surface area contributed by atoms with Crippen LogP contribution in [0.15, 0.2) is 51.9 Å². The van der Waals surface area contributed by atoms with E-state index in [9.17, 15) is 40.5 Å². The first-order valence-electron chi connectivity index (χ1n) is 13.1. The van der Waals surface area contributed by atoms with Crippen molar-refractivity contribution >= 4 is 11.0 Å². The summed E-state index contributed by atoms with van der Waals surface area (Å²) in [7, 11) is 1.52. The summed E-state index contributed by atoms with van der Waals surface area (Å²) < 4.78 is 32.8. The molecule has 228 valence electrons. The molecule has 2 aliphatic rings. The van der Waals surface area contributed by atoms with Crippen LogP contribution >= 0.6 is 0 Å². The first kappa shape index (κ1) is 30.2. The molecule has 0 aliphatic carbocycles. The molecule has 0 spiro atoms. The number of aliphatic hydroxyl groups is 6. The van der Waals surface area contributed by atoms with Gasteiger partial charge < -0.3 is 63.8 Å². The molecule has 2 saturated heterocycles. The van der Waals surface area contributed by atoms with Gasteiger partial charge in [0.25, 0.3) is 0 Å². The molecule has 14 nitrogen and oxygen atoms in total. The first-order valence-corrected chi connectivity index (χ1v) is 13.1. The highest BCUT2D eigenvalue weighted by molar-refractivity contribution is 5.88. The molecule has 1 unspecified atom stereocenters. The van der Waals surface area contributed by atoms with Crippen LogP contribution in [0.25, 0.3) is 22.1 Å². The highest BCUT2D eigenvalue weighted by atomic mass is 16.7. The average molecular weight is 593 g/mol. The third-order valence-corrected chi connectivity index (χ3v) is 7.39. The molecule has 0 amide bonds. The van der Waals surface area contributed by atoms with Gasteiger partial charge in [-0.25, -0.2) is 0 Å². The van der Waals surface area contributed by atoms with Gasteiger partial charge in [-0.15, -0.1) is 0 Å². The van der Waals surface area contributed by atoms with Crippen LogP contribution in [0.3, 0.4) is 0 Å². The Hall–Kier alpha value is -3.31. The third kappa shape index (κ3) is 5.68. The summed E-state index contributed by atoms with van der Waals surface area (Å²) in [5.41, 5.74) is 0.200. The van der Waals surface area contributed by atoms with Crippen LogP contribution in [-0.2, 0) is 14.2 Å². The van der Waals surface area contributed by atoms with E-state index in [1.807, 2.05) is 0 Å². The Kier molecular flexibility index (Phi) is 8.71. The van der Waals surface area contributed by atoms with Crippen LogP contribution in [0.2, 0.25) is 0 Å². The van der Waals surface area contributed by atoms with Crippen LogP contribution in [0, 0.1) is 0 Å². The zero-order chi connectivity index (χ0) is 30.3. The molecule has 3 aromatic rings. The number of methoxy groups -OCH3 is 1. The Morgan fingerprint density at radius 3 is 2.17 bits per heavy atom. The molecule has 2 fully saturated rings. The van der Waals surface area contributed by atoms with E-state index in [-0.39, 0.29) is 22.3 Å². The number of ether oxygens (including phenoxy) is 5. The Bertz CT molecular complexity index is 1440. The number of aliphatic hydroxyl groups excluding tert-OH is 6. The minimum absolute atomic E-state index is 0.0312. The number of phenols is 1. The fourth-order valence-electron chi connectivity index (χ4n) is 4.87. The monoisotopic (exact) mass is 592 g/mol. The topological polar surface area (TPSA) is 218 Å². The molecule has 0 bridgehead atoms. The van der Waals surface area contributed by atoms with Crippen molar-refractivity contribution in [1.29, 1.82) is 0 Å². The zero-order valence-electron chi connectivity index (χ0n) is 22.5. The molecule has 2 aromatic carbocycles. The Balaban J connectivity index is 1.33. The average Bonchev–Trinajstić information content (AvgIpc) is 2.98. The van der Waals surface area contributed by atoms with E-state index in [0.29, 0.717) is 11.3 Å². The van der Waals surface area contributed by atoms with Crippen molar-refractivity contribution in [3.05, 3.63) is 52.9 Å². The van der Waals surface area contributed by atoms with Crippen LogP contribution in [0.1, 0.15) is 6.92 Å². The predicted molar refractivity (Wildman–Crippen MR) is 142 cm³/mol. The number of rotatable bonds is 7. The van der Waals surface area contributed by atoms with Gasteiger partial charge in [0.1, 0.15) is 77.2 Å². The van der Waals surface area contributed by atoms with Crippen molar-refractivity contribution in [2.75, 3.05) is 13.7 Å². The molecular formula is C28H32O14. The number of hydrogen-bond acceptors (Lipinski definition) is 14. The Morgan fingerprint density at radius 1 is 0.810 bits per heavy atom. The highest BCUT2D eigenvalue weighted by Crippen LogP contribution is 2.33. The molecule has 0 saturated carbocycles. The molecule has 42 heavy (non-hydrogen) atoms. The fraction of sp³-hybridized carbons (Fsp3) is 0.464. The van der Waals surface area contributed by atoms with Gasteiger partial charge >= 0.3 is 0 Å². The second-order valence-electron chi connectivity index (χ2n) is 10.2. The number of hydrogen-bond donors (Lipinski definition) is 7. The van der Waals surface area contributed by atoms with E-state index in [4.69, 9.17) is 28.1 Å². The quantitative estimate of drug-likeness (QED) is 0.179. The van der Waals surface area contributed by atoms with Crippen molar-refractivity contribution < 1.29 is 63.8 Å². The van der Waals surface area contributed by atoms with Crippen molar-refractivity contribution in [3.8, 4) is 28.4 Å². The third-order valence-electron chi connectivity index (χ3n) is 7.39. The van der Waals surface area contributed by atoms with Crippen molar-refractivity contribution in [2.45, 2.75) is 68.3 Å². The predicted octanol–water partition coefficient (Wildman–Crippen LogP) is -0.795. The molecule has 10 atom stereocenters. The van der Waals surface area contributed by atoms with E-state index in [1.165, 1.54) is 26.4 Å².